The van der Waals surface area contributed by atoms with E-state index in [4.69, 9.17) is 9.47 Å². The predicted molar refractivity (Wildman–Crippen MR) is 120 cm³/mol. The molecule has 1 aromatic carbocycles. The smallest absolute Gasteiger partial charge is 0.410 e. The second kappa shape index (κ2) is 9.90. The lowest BCUT2D eigenvalue weighted by Gasteiger charge is -2.44. The molecule has 2 amide bonds. The van der Waals surface area contributed by atoms with Gasteiger partial charge in [-0.25, -0.2) is 9.59 Å². The van der Waals surface area contributed by atoms with E-state index in [-0.39, 0.29) is 30.4 Å². The minimum absolute atomic E-state index is 0.0530. The Balaban J connectivity index is 1.47. The van der Waals surface area contributed by atoms with Crippen molar-refractivity contribution in [2.75, 3.05) is 26.2 Å². The molecule has 2 saturated heterocycles. The Morgan fingerprint density at radius 1 is 0.968 bits per heavy atom. The number of nitrogens with zero attached hydrogens (tertiary/aromatic N) is 3. The highest BCUT2D eigenvalue weighted by Crippen LogP contribution is 2.22. The predicted octanol–water partition coefficient (Wildman–Crippen LogP) is 4.12. The van der Waals surface area contributed by atoms with E-state index in [1.54, 1.807) is 9.80 Å². The third kappa shape index (κ3) is 6.60. The van der Waals surface area contributed by atoms with E-state index < -0.39 is 5.60 Å². The molecule has 0 saturated carbocycles. The number of ether oxygens (including phenoxy) is 2. The number of benzene rings is 1. The van der Waals surface area contributed by atoms with Gasteiger partial charge in [-0.15, -0.1) is 0 Å². The maximum absolute atomic E-state index is 12.9. The molecular formula is C24H37N3O4. The standard InChI is InChI=1S/C24H37N3O4/c1-18-15-26(22(28)31-24(3,4)5)16-19(2)27(18)23(29)30-21-11-13-25(14-12-21)17-20-9-7-6-8-10-20/h6-10,18-19,21H,11-17H2,1-5H3/t18-,19+. The Hall–Kier alpha value is -2.28. The summed E-state index contributed by atoms with van der Waals surface area (Å²) in [5, 5.41) is 0. The first kappa shape index (κ1) is 23.4. The van der Waals surface area contributed by atoms with Crippen molar-refractivity contribution in [3.8, 4) is 0 Å². The van der Waals surface area contributed by atoms with Gasteiger partial charge in [0.1, 0.15) is 11.7 Å². The van der Waals surface area contributed by atoms with Gasteiger partial charge in [0, 0.05) is 32.7 Å². The number of hydrogen-bond acceptors (Lipinski definition) is 5. The Morgan fingerprint density at radius 2 is 1.55 bits per heavy atom. The monoisotopic (exact) mass is 431 g/mol. The van der Waals surface area contributed by atoms with Crippen LogP contribution < -0.4 is 0 Å². The molecular weight excluding hydrogens is 394 g/mol. The molecule has 7 heteroatoms. The molecule has 2 atom stereocenters. The molecule has 0 spiro atoms. The van der Waals surface area contributed by atoms with Crippen molar-refractivity contribution in [1.82, 2.24) is 14.7 Å². The average molecular weight is 432 g/mol. The molecule has 2 aliphatic heterocycles. The van der Waals surface area contributed by atoms with Gasteiger partial charge in [0.15, 0.2) is 0 Å². The lowest BCUT2D eigenvalue weighted by molar-refractivity contribution is -0.0225. The summed E-state index contributed by atoms with van der Waals surface area (Å²) in [6, 6.07) is 10.2. The number of carbonyl (C=O) groups excluding carboxylic acids is 2. The van der Waals surface area contributed by atoms with Crippen molar-refractivity contribution >= 4 is 12.2 Å². The van der Waals surface area contributed by atoms with E-state index in [9.17, 15) is 9.59 Å². The molecule has 172 valence electrons. The zero-order valence-electron chi connectivity index (χ0n) is 19.5. The molecule has 0 unspecified atom stereocenters. The highest BCUT2D eigenvalue weighted by Gasteiger charge is 2.38. The second-order valence-electron chi connectivity index (χ2n) is 9.84. The zero-order chi connectivity index (χ0) is 22.6. The lowest BCUT2D eigenvalue weighted by atomic mass is 10.1. The third-order valence-corrected chi connectivity index (χ3v) is 5.83. The maximum Gasteiger partial charge on any atom is 0.410 e. The van der Waals surface area contributed by atoms with E-state index in [0.717, 1.165) is 32.5 Å². The SMILES string of the molecule is C[C@@H]1CN(C(=O)OC(C)(C)C)C[C@H](C)N1C(=O)OC1CCN(Cc2ccccc2)CC1. The van der Waals surface area contributed by atoms with Crippen molar-refractivity contribution in [1.29, 1.82) is 0 Å². The molecule has 0 aliphatic carbocycles. The largest absolute Gasteiger partial charge is 0.446 e. The number of amides is 2. The van der Waals surface area contributed by atoms with Crippen LogP contribution in [0.2, 0.25) is 0 Å². The minimum Gasteiger partial charge on any atom is -0.446 e. The van der Waals surface area contributed by atoms with Gasteiger partial charge in [-0.1, -0.05) is 30.3 Å². The zero-order valence-corrected chi connectivity index (χ0v) is 19.5. The molecule has 0 bridgehead atoms. The van der Waals surface area contributed by atoms with Crippen LogP contribution in [0.15, 0.2) is 30.3 Å². The first-order valence-electron chi connectivity index (χ1n) is 11.4. The summed E-state index contributed by atoms with van der Waals surface area (Å²) in [6.45, 7) is 13.2. The molecule has 2 heterocycles. The van der Waals surface area contributed by atoms with E-state index in [0.29, 0.717) is 13.1 Å². The normalized spacial score (nSPS) is 23.5. The number of rotatable bonds is 3. The summed E-state index contributed by atoms with van der Waals surface area (Å²) in [5.41, 5.74) is 0.776. The van der Waals surface area contributed by atoms with Crippen LogP contribution in [0.5, 0.6) is 0 Å². The van der Waals surface area contributed by atoms with Crippen molar-refractivity contribution in [3.05, 3.63) is 35.9 Å². The topological polar surface area (TPSA) is 62.3 Å². The second-order valence-corrected chi connectivity index (χ2v) is 9.84. The molecule has 31 heavy (non-hydrogen) atoms. The van der Waals surface area contributed by atoms with E-state index in [1.807, 2.05) is 40.7 Å². The van der Waals surface area contributed by atoms with Crippen molar-refractivity contribution in [3.63, 3.8) is 0 Å². The van der Waals surface area contributed by atoms with Gasteiger partial charge < -0.3 is 14.4 Å². The van der Waals surface area contributed by atoms with Gasteiger partial charge >= 0.3 is 12.2 Å². The summed E-state index contributed by atoms with van der Waals surface area (Å²) in [6.07, 6.45) is 1.04. The van der Waals surface area contributed by atoms with Crippen LogP contribution in [0.1, 0.15) is 53.0 Å². The number of likely N-dealkylation sites (tertiary alicyclic amines) is 1. The lowest BCUT2D eigenvalue weighted by Crippen LogP contribution is -2.60. The van der Waals surface area contributed by atoms with Gasteiger partial charge in [0.2, 0.25) is 0 Å². The maximum atomic E-state index is 12.9. The molecule has 0 aromatic heterocycles. The average Bonchev–Trinajstić information content (AvgIpc) is 2.68. The molecule has 0 N–H and O–H groups in total. The van der Waals surface area contributed by atoms with E-state index >= 15 is 0 Å². The fourth-order valence-electron chi connectivity index (χ4n) is 4.39. The van der Waals surface area contributed by atoms with Crippen molar-refractivity contribution in [2.45, 2.75) is 77.8 Å². The molecule has 7 nitrogen and oxygen atoms in total. The first-order valence-corrected chi connectivity index (χ1v) is 11.4. The highest BCUT2D eigenvalue weighted by atomic mass is 16.6. The molecule has 2 fully saturated rings. The van der Waals surface area contributed by atoms with Crippen LogP contribution in [0.3, 0.4) is 0 Å². The first-order chi connectivity index (χ1) is 14.6. The third-order valence-electron chi connectivity index (χ3n) is 5.83. The molecule has 1 aromatic rings. The Labute approximate surface area is 186 Å². The number of hydrogen-bond donors (Lipinski definition) is 0. The van der Waals surface area contributed by atoms with Gasteiger partial charge in [-0.3, -0.25) is 9.80 Å². The van der Waals surface area contributed by atoms with Gasteiger partial charge in [0.25, 0.3) is 0 Å². The fraction of sp³-hybridized carbons (Fsp3) is 0.667. The van der Waals surface area contributed by atoms with E-state index in [1.165, 1.54) is 5.56 Å². The molecule has 0 radical (unpaired) electrons. The molecule has 2 aliphatic rings. The number of piperazine rings is 1. The highest BCUT2D eigenvalue weighted by molar-refractivity contribution is 5.71. The number of piperidine rings is 1. The summed E-state index contributed by atoms with van der Waals surface area (Å²) in [7, 11) is 0. The van der Waals surface area contributed by atoms with Crippen molar-refractivity contribution < 1.29 is 19.1 Å². The molecule has 3 rings (SSSR count). The van der Waals surface area contributed by atoms with Crippen LogP contribution in [0, 0.1) is 0 Å². The minimum atomic E-state index is -0.533. The van der Waals surface area contributed by atoms with Crippen molar-refractivity contribution in [2.24, 2.45) is 0 Å². The Bertz CT molecular complexity index is 729. The van der Waals surface area contributed by atoms with Crippen LogP contribution in [0.25, 0.3) is 0 Å². The fourth-order valence-corrected chi connectivity index (χ4v) is 4.39. The van der Waals surface area contributed by atoms with Crippen LogP contribution in [-0.2, 0) is 16.0 Å². The van der Waals surface area contributed by atoms with Gasteiger partial charge in [0.05, 0.1) is 12.1 Å². The Morgan fingerprint density at radius 3 is 2.10 bits per heavy atom. The van der Waals surface area contributed by atoms with Crippen LogP contribution >= 0.6 is 0 Å². The Kier molecular flexibility index (Phi) is 7.46. The van der Waals surface area contributed by atoms with Crippen LogP contribution in [0.4, 0.5) is 9.59 Å². The summed E-state index contributed by atoms with van der Waals surface area (Å²) in [5.74, 6) is 0. The van der Waals surface area contributed by atoms with Gasteiger partial charge in [-0.2, -0.15) is 0 Å². The van der Waals surface area contributed by atoms with Crippen LogP contribution in [-0.4, -0.2) is 76.9 Å². The van der Waals surface area contributed by atoms with E-state index in [2.05, 4.69) is 29.2 Å². The summed E-state index contributed by atoms with van der Waals surface area (Å²) in [4.78, 5) is 31.2. The summed E-state index contributed by atoms with van der Waals surface area (Å²) < 4.78 is 11.4. The quantitative estimate of drug-likeness (QED) is 0.721. The number of carbonyl (C=O) groups is 2. The summed E-state index contributed by atoms with van der Waals surface area (Å²) >= 11 is 0. The van der Waals surface area contributed by atoms with Gasteiger partial charge in [-0.05, 0) is 53.0 Å².